The van der Waals surface area contributed by atoms with Crippen LogP contribution in [0.1, 0.15) is 27.7 Å². The van der Waals surface area contributed by atoms with Gasteiger partial charge in [0, 0.05) is 24.2 Å². The fourth-order valence-electron chi connectivity index (χ4n) is 2.77. The summed E-state index contributed by atoms with van der Waals surface area (Å²) in [4.78, 5) is 25.5. The number of fused-ring (bicyclic) bond motifs is 1. The molecule has 6 nitrogen and oxygen atoms in total. The first-order valence-corrected chi connectivity index (χ1v) is 7.19. The number of imide groups is 1. The minimum absolute atomic E-state index is 0.126. The molecule has 0 radical (unpaired) electrons. The third-order valence-electron chi connectivity index (χ3n) is 3.99. The largest absolute Gasteiger partial charge is 0.508 e. The van der Waals surface area contributed by atoms with Crippen LogP contribution in [-0.2, 0) is 4.79 Å². The SMILES string of the molecule is Cc1ccccc1C(=O)N(C=O)C1NN(C)c2cc(O)ccc21. The summed E-state index contributed by atoms with van der Waals surface area (Å²) < 4.78 is 0. The molecule has 23 heavy (non-hydrogen) atoms. The molecule has 0 bridgehead atoms. The van der Waals surface area contributed by atoms with E-state index >= 15 is 0 Å². The number of anilines is 1. The van der Waals surface area contributed by atoms with Gasteiger partial charge in [-0.3, -0.25) is 14.5 Å². The number of amides is 2. The van der Waals surface area contributed by atoms with Crippen LogP contribution < -0.4 is 10.4 Å². The number of benzene rings is 2. The summed E-state index contributed by atoms with van der Waals surface area (Å²) in [7, 11) is 1.76. The predicted octanol–water partition coefficient (Wildman–Crippen LogP) is 1.95. The number of aromatic hydroxyl groups is 1. The maximum absolute atomic E-state index is 12.8. The van der Waals surface area contributed by atoms with Gasteiger partial charge in [0.25, 0.3) is 5.91 Å². The van der Waals surface area contributed by atoms with Crippen LogP contribution in [0.15, 0.2) is 42.5 Å². The second-order valence-corrected chi connectivity index (χ2v) is 5.47. The molecule has 1 aliphatic heterocycles. The summed E-state index contributed by atoms with van der Waals surface area (Å²) in [6.07, 6.45) is -0.0809. The van der Waals surface area contributed by atoms with Gasteiger partial charge >= 0.3 is 0 Å². The minimum Gasteiger partial charge on any atom is -0.508 e. The Hall–Kier alpha value is -2.86. The van der Waals surface area contributed by atoms with Crippen molar-refractivity contribution in [2.24, 2.45) is 0 Å². The molecule has 2 aromatic rings. The molecule has 2 N–H and O–H groups in total. The van der Waals surface area contributed by atoms with Gasteiger partial charge in [0.15, 0.2) is 0 Å². The molecule has 6 heteroatoms. The summed E-state index contributed by atoms with van der Waals surface area (Å²) in [6.45, 7) is 1.83. The molecule has 0 aliphatic carbocycles. The number of nitrogens with zero attached hydrogens (tertiary/aromatic N) is 2. The van der Waals surface area contributed by atoms with E-state index < -0.39 is 6.17 Å². The van der Waals surface area contributed by atoms with Crippen LogP contribution in [0.25, 0.3) is 0 Å². The molecule has 0 fully saturated rings. The van der Waals surface area contributed by atoms with Crippen molar-refractivity contribution in [3.63, 3.8) is 0 Å². The Kier molecular flexibility index (Phi) is 3.75. The minimum atomic E-state index is -0.611. The smallest absolute Gasteiger partial charge is 0.262 e. The molecule has 1 heterocycles. The molecule has 118 valence electrons. The van der Waals surface area contributed by atoms with Crippen LogP contribution in [0.3, 0.4) is 0 Å². The Labute approximate surface area is 133 Å². The lowest BCUT2D eigenvalue weighted by molar-refractivity contribution is -0.118. The Bertz CT molecular complexity index is 775. The highest BCUT2D eigenvalue weighted by Gasteiger charge is 2.34. The van der Waals surface area contributed by atoms with E-state index in [1.165, 1.54) is 6.07 Å². The van der Waals surface area contributed by atoms with E-state index in [0.717, 1.165) is 21.7 Å². The molecule has 3 rings (SSSR count). The molecule has 2 aromatic carbocycles. The second kappa shape index (κ2) is 5.73. The van der Waals surface area contributed by atoms with Gasteiger partial charge in [-0.2, -0.15) is 0 Å². The second-order valence-electron chi connectivity index (χ2n) is 5.47. The zero-order chi connectivity index (χ0) is 16.6. The molecular weight excluding hydrogens is 294 g/mol. The maximum atomic E-state index is 12.8. The van der Waals surface area contributed by atoms with Gasteiger partial charge in [0.05, 0.1) is 5.69 Å². The first-order chi connectivity index (χ1) is 11.0. The van der Waals surface area contributed by atoms with Crippen LogP contribution in [0.5, 0.6) is 5.75 Å². The Morgan fingerprint density at radius 1 is 1.30 bits per heavy atom. The zero-order valence-corrected chi connectivity index (χ0v) is 12.9. The lowest BCUT2D eigenvalue weighted by Gasteiger charge is -2.25. The van der Waals surface area contributed by atoms with E-state index in [4.69, 9.17) is 0 Å². The fraction of sp³-hybridized carbons (Fsp3) is 0.176. The summed E-state index contributed by atoms with van der Waals surface area (Å²) >= 11 is 0. The standard InChI is InChI=1S/C17H17N3O3/c1-11-5-3-4-6-13(11)17(23)20(10-21)16-14-8-7-12(22)9-15(14)19(2)18-16/h3-10,16,18,22H,1-2H3. The third-order valence-corrected chi connectivity index (χ3v) is 3.99. The highest BCUT2D eigenvalue weighted by Crippen LogP contribution is 2.36. The average molecular weight is 311 g/mol. The molecule has 0 saturated heterocycles. The number of hydrogen-bond donors (Lipinski definition) is 2. The van der Waals surface area contributed by atoms with Crippen molar-refractivity contribution in [3.05, 3.63) is 59.2 Å². The van der Waals surface area contributed by atoms with Crippen molar-refractivity contribution in [3.8, 4) is 5.75 Å². The molecular formula is C17H17N3O3. The first-order valence-electron chi connectivity index (χ1n) is 7.19. The van der Waals surface area contributed by atoms with Gasteiger partial charge in [-0.15, -0.1) is 0 Å². The normalized spacial score (nSPS) is 16.1. The highest BCUT2D eigenvalue weighted by molar-refractivity contribution is 6.01. The van der Waals surface area contributed by atoms with Gasteiger partial charge < -0.3 is 10.1 Å². The first kappa shape index (κ1) is 15.1. The van der Waals surface area contributed by atoms with Crippen molar-refractivity contribution in [2.45, 2.75) is 13.1 Å². The van der Waals surface area contributed by atoms with Crippen LogP contribution in [0.4, 0.5) is 5.69 Å². The van der Waals surface area contributed by atoms with Gasteiger partial charge in [0.1, 0.15) is 11.9 Å². The quantitative estimate of drug-likeness (QED) is 0.848. The van der Waals surface area contributed by atoms with E-state index in [2.05, 4.69) is 5.43 Å². The number of hydrogen-bond acceptors (Lipinski definition) is 5. The number of hydrazine groups is 1. The molecule has 1 aliphatic rings. The Morgan fingerprint density at radius 3 is 2.74 bits per heavy atom. The van der Waals surface area contributed by atoms with E-state index in [9.17, 15) is 14.7 Å². The van der Waals surface area contributed by atoms with Crippen molar-refractivity contribution in [1.82, 2.24) is 10.3 Å². The summed E-state index contributed by atoms with van der Waals surface area (Å²) in [6, 6.07) is 12.0. The molecule has 1 atom stereocenters. The number of carbonyl (C=O) groups excluding carboxylic acids is 2. The van der Waals surface area contributed by atoms with Crippen molar-refractivity contribution >= 4 is 18.0 Å². The molecule has 0 aromatic heterocycles. The highest BCUT2D eigenvalue weighted by atomic mass is 16.3. The Balaban J connectivity index is 1.99. The van der Waals surface area contributed by atoms with Gasteiger partial charge in [0.2, 0.25) is 6.41 Å². The monoisotopic (exact) mass is 311 g/mol. The predicted molar refractivity (Wildman–Crippen MR) is 85.8 cm³/mol. The van der Waals surface area contributed by atoms with Gasteiger partial charge in [-0.25, -0.2) is 5.43 Å². The van der Waals surface area contributed by atoms with Crippen molar-refractivity contribution in [1.29, 1.82) is 0 Å². The average Bonchev–Trinajstić information content (AvgIpc) is 2.85. The molecule has 2 amide bonds. The number of rotatable bonds is 3. The van der Waals surface area contributed by atoms with Crippen LogP contribution in [0.2, 0.25) is 0 Å². The number of phenols is 1. The summed E-state index contributed by atoms with van der Waals surface area (Å²) in [5.74, 6) is -0.245. The molecule has 0 saturated carbocycles. The lowest BCUT2D eigenvalue weighted by Crippen LogP contribution is -2.43. The zero-order valence-electron chi connectivity index (χ0n) is 12.9. The molecule has 1 unspecified atom stereocenters. The van der Waals surface area contributed by atoms with Crippen LogP contribution in [0, 0.1) is 6.92 Å². The van der Waals surface area contributed by atoms with Crippen LogP contribution >= 0.6 is 0 Å². The summed E-state index contributed by atoms with van der Waals surface area (Å²) in [5.41, 5.74) is 5.82. The number of aryl methyl sites for hydroxylation is 1. The molecule has 0 spiro atoms. The van der Waals surface area contributed by atoms with Gasteiger partial charge in [-0.1, -0.05) is 18.2 Å². The van der Waals surface area contributed by atoms with Crippen molar-refractivity contribution < 1.29 is 14.7 Å². The number of carbonyl (C=O) groups is 2. The van der Waals surface area contributed by atoms with Gasteiger partial charge in [-0.05, 0) is 30.7 Å². The number of phenolic OH excluding ortho intramolecular Hbond substituents is 1. The van der Waals surface area contributed by atoms with Crippen LogP contribution in [-0.4, -0.2) is 29.4 Å². The lowest BCUT2D eigenvalue weighted by atomic mass is 10.1. The van der Waals surface area contributed by atoms with E-state index in [1.54, 1.807) is 36.3 Å². The van der Waals surface area contributed by atoms with Crippen molar-refractivity contribution in [2.75, 3.05) is 12.1 Å². The topological polar surface area (TPSA) is 72.9 Å². The van der Waals surface area contributed by atoms with E-state index in [1.807, 2.05) is 19.1 Å². The Morgan fingerprint density at radius 2 is 2.04 bits per heavy atom. The third kappa shape index (κ3) is 2.53. The maximum Gasteiger partial charge on any atom is 0.262 e. The van der Waals surface area contributed by atoms with E-state index in [-0.39, 0.29) is 11.7 Å². The summed E-state index contributed by atoms with van der Waals surface area (Å²) in [5, 5.41) is 11.3. The fourth-order valence-corrected chi connectivity index (χ4v) is 2.77. The number of nitrogens with one attached hydrogen (secondary N) is 1. The van der Waals surface area contributed by atoms with E-state index in [0.29, 0.717) is 12.0 Å².